The maximum absolute atomic E-state index is 13.6. The molecule has 114 valence electrons. The van der Waals surface area contributed by atoms with Crippen molar-refractivity contribution in [1.29, 1.82) is 0 Å². The molecule has 0 amide bonds. The smallest absolute Gasteiger partial charge is 0.131 e. The quantitative estimate of drug-likeness (QED) is 0.843. The first-order chi connectivity index (χ1) is 10.0. The Labute approximate surface area is 127 Å². The Kier molecular flexibility index (Phi) is 5.45. The molecule has 0 spiro atoms. The number of halogens is 2. The van der Waals surface area contributed by atoms with Crippen LogP contribution in [-0.4, -0.2) is 11.7 Å². The highest BCUT2D eigenvalue weighted by molar-refractivity contribution is 7.10. The lowest BCUT2D eigenvalue weighted by Crippen LogP contribution is -2.30. The summed E-state index contributed by atoms with van der Waals surface area (Å²) in [6.45, 7) is 4.22. The molecule has 1 aromatic heterocycles. The molecular formula is C16H19F2NOS. The Morgan fingerprint density at radius 3 is 2.33 bits per heavy atom. The van der Waals surface area contributed by atoms with Crippen LogP contribution in [0.25, 0.3) is 0 Å². The number of aliphatic hydroxyl groups excluding tert-OH is 1. The molecule has 21 heavy (non-hydrogen) atoms. The van der Waals surface area contributed by atoms with Gasteiger partial charge in [-0.15, -0.1) is 11.3 Å². The van der Waals surface area contributed by atoms with Crippen molar-refractivity contribution >= 4 is 11.3 Å². The van der Waals surface area contributed by atoms with E-state index in [9.17, 15) is 13.9 Å². The second-order valence-corrected chi connectivity index (χ2v) is 6.28. The molecule has 2 unspecified atom stereocenters. The van der Waals surface area contributed by atoms with E-state index in [0.717, 1.165) is 17.0 Å². The Morgan fingerprint density at radius 1 is 1.14 bits per heavy atom. The van der Waals surface area contributed by atoms with Gasteiger partial charge in [-0.3, -0.25) is 0 Å². The van der Waals surface area contributed by atoms with Crippen LogP contribution < -0.4 is 5.32 Å². The summed E-state index contributed by atoms with van der Waals surface area (Å²) in [7, 11) is 0. The van der Waals surface area contributed by atoms with Crippen LogP contribution >= 0.6 is 11.3 Å². The van der Waals surface area contributed by atoms with Gasteiger partial charge < -0.3 is 10.4 Å². The third kappa shape index (κ3) is 3.87. The van der Waals surface area contributed by atoms with Crippen LogP contribution in [0.4, 0.5) is 8.78 Å². The molecule has 2 aromatic rings. The highest BCUT2D eigenvalue weighted by atomic mass is 32.1. The lowest BCUT2D eigenvalue weighted by molar-refractivity contribution is 0.157. The summed E-state index contributed by atoms with van der Waals surface area (Å²) in [6.07, 6.45) is -1.22. The molecule has 0 aliphatic heterocycles. The zero-order valence-electron chi connectivity index (χ0n) is 12.0. The molecule has 0 fully saturated rings. The van der Waals surface area contributed by atoms with Crippen molar-refractivity contribution in [2.45, 2.75) is 26.0 Å². The summed E-state index contributed by atoms with van der Waals surface area (Å²) in [5.74, 6) is -1.13. The average Bonchev–Trinajstić information content (AvgIpc) is 2.92. The maximum Gasteiger partial charge on any atom is 0.131 e. The van der Waals surface area contributed by atoms with Gasteiger partial charge in [0.15, 0.2) is 0 Å². The third-order valence-electron chi connectivity index (χ3n) is 3.38. The summed E-state index contributed by atoms with van der Waals surface area (Å²) in [5, 5.41) is 15.3. The zero-order chi connectivity index (χ0) is 15.4. The number of benzene rings is 1. The van der Waals surface area contributed by atoms with E-state index in [-0.39, 0.29) is 18.2 Å². The number of hydrogen-bond acceptors (Lipinski definition) is 3. The molecule has 0 aliphatic carbocycles. The van der Waals surface area contributed by atoms with Crippen LogP contribution in [-0.2, 0) is 0 Å². The fraction of sp³-hybridized carbons (Fsp3) is 0.375. The summed E-state index contributed by atoms with van der Waals surface area (Å²) in [5.41, 5.74) is -0.279. The van der Waals surface area contributed by atoms with Gasteiger partial charge in [0.1, 0.15) is 11.6 Å². The number of nitrogens with one attached hydrogen (secondary N) is 1. The standard InChI is InChI=1S/C16H19F2NOS/c1-10(2)16(14-7-4-8-21-14)19-9-13(20)15-11(17)5-3-6-12(15)18/h3-8,10,13,16,19-20H,9H2,1-2H3. The van der Waals surface area contributed by atoms with Crippen molar-refractivity contribution in [1.82, 2.24) is 5.32 Å². The van der Waals surface area contributed by atoms with Crippen LogP contribution in [0.15, 0.2) is 35.7 Å². The van der Waals surface area contributed by atoms with Crippen molar-refractivity contribution < 1.29 is 13.9 Å². The predicted molar refractivity (Wildman–Crippen MR) is 81.2 cm³/mol. The summed E-state index contributed by atoms with van der Waals surface area (Å²) in [6, 6.07) is 7.62. The number of rotatable bonds is 6. The molecule has 0 saturated heterocycles. The van der Waals surface area contributed by atoms with Gasteiger partial charge in [-0.05, 0) is 29.5 Å². The summed E-state index contributed by atoms with van der Waals surface area (Å²) in [4.78, 5) is 1.14. The topological polar surface area (TPSA) is 32.3 Å². The van der Waals surface area contributed by atoms with Gasteiger partial charge in [0.25, 0.3) is 0 Å². The Bertz CT molecular complexity index is 551. The zero-order valence-corrected chi connectivity index (χ0v) is 12.8. The fourth-order valence-electron chi connectivity index (χ4n) is 2.30. The molecular weight excluding hydrogens is 292 g/mol. The van der Waals surface area contributed by atoms with E-state index < -0.39 is 17.7 Å². The van der Waals surface area contributed by atoms with Crippen molar-refractivity contribution in [3.05, 3.63) is 57.8 Å². The van der Waals surface area contributed by atoms with Gasteiger partial charge in [-0.25, -0.2) is 8.78 Å². The molecule has 0 saturated carbocycles. The minimum atomic E-state index is -1.22. The highest BCUT2D eigenvalue weighted by Crippen LogP contribution is 2.27. The van der Waals surface area contributed by atoms with E-state index in [4.69, 9.17) is 0 Å². The van der Waals surface area contributed by atoms with Gasteiger partial charge in [-0.2, -0.15) is 0 Å². The SMILES string of the molecule is CC(C)C(NCC(O)c1c(F)cccc1F)c1cccs1. The first-order valence-electron chi connectivity index (χ1n) is 6.89. The van der Waals surface area contributed by atoms with Crippen LogP contribution in [0.5, 0.6) is 0 Å². The number of aliphatic hydroxyl groups is 1. The molecule has 0 bridgehead atoms. The first kappa shape index (κ1) is 16.1. The van der Waals surface area contributed by atoms with E-state index in [1.54, 1.807) is 11.3 Å². The lowest BCUT2D eigenvalue weighted by Gasteiger charge is -2.23. The third-order valence-corrected chi connectivity index (χ3v) is 4.34. The van der Waals surface area contributed by atoms with E-state index in [1.807, 2.05) is 17.5 Å². The van der Waals surface area contributed by atoms with Gasteiger partial charge in [0.05, 0.1) is 11.7 Å². The maximum atomic E-state index is 13.6. The molecule has 5 heteroatoms. The van der Waals surface area contributed by atoms with Crippen LogP contribution in [0.3, 0.4) is 0 Å². The Balaban J connectivity index is 2.07. The van der Waals surface area contributed by atoms with Gasteiger partial charge in [-0.1, -0.05) is 26.0 Å². The molecule has 1 aromatic carbocycles. The molecule has 0 radical (unpaired) electrons. The second-order valence-electron chi connectivity index (χ2n) is 5.30. The van der Waals surface area contributed by atoms with E-state index >= 15 is 0 Å². The van der Waals surface area contributed by atoms with Gasteiger partial charge in [0, 0.05) is 17.5 Å². The Morgan fingerprint density at radius 2 is 1.81 bits per heavy atom. The van der Waals surface area contributed by atoms with Gasteiger partial charge >= 0.3 is 0 Å². The van der Waals surface area contributed by atoms with Crippen molar-refractivity contribution in [3.8, 4) is 0 Å². The lowest BCUT2D eigenvalue weighted by atomic mass is 10.0. The minimum Gasteiger partial charge on any atom is -0.387 e. The molecule has 0 aliphatic rings. The van der Waals surface area contributed by atoms with Crippen LogP contribution in [0.2, 0.25) is 0 Å². The average molecular weight is 311 g/mol. The molecule has 2 rings (SSSR count). The normalized spacial score (nSPS) is 14.4. The monoisotopic (exact) mass is 311 g/mol. The van der Waals surface area contributed by atoms with Crippen LogP contribution in [0, 0.1) is 17.6 Å². The highest BCUT2D eigenvalue weighted by Gasteiger charge is 2.21. The Hall–Kier alpha value is -1.30. The number of thiophene rings is 1. The molecule has 2 N–H and O–H groups in total. The summed E-state index contributed by atoms with van der Waals surface area (Å²) >= 11 is 1.62. The van der Waals surface area contributed by atoms with E-state index in [2.05, 4.69) is 19.2 Å². The van der Waals surface area contributed by atoms with E-state index in [0.29, 0.717) is 5.92 Å². The predicted octanol–water partition coefficient (Wildman–Crippen LogP) is 4.05. The minimum absolute atomic E-state index is 0.0504. The fourth-order valence-corrected chi connectivity index (χ4v) is 3.28. The second kappa shape index (κ2) is 7.11. The van der Waals surface area contributed by atoms with Crippen LogP contribution in [0.1, 0.15) is 36.4 Å². The largest absolute Gasteiger partial charge is 0.387 e. The molecule has 2 atom stereocenters. The van der Waals surface area contributed by atoms with Crippen molar-refractivity contribution in [3.63, 3.8) is 0 Å². The molecule has 1 heterocycles. The first-order valence-corrected chi connectivity index (χ1v) is 7.77. The van der Waals surface area contributed by atoms with E-state index in [1.165, 1.54) is 6.07 Å². The van der Waals surface area contributed by atoms with Crippen molar-refractivity contribution in [2.75, 3.05) is 6.54 Å². The number of hydrogen-bond donors (Lipinski definition) is 2. The van der Waals surface area contributed by atoms with Crippen molar-refractivity contribution in [2.24, 2.45) is 5.92 Å². The van der Waals surface area contributed by atoms with Gasteiger partial charge in [0.2, 0.25) is 0 Å². The summed E-state index contributed by atoms with van der Waals surface area (Å²) < 4.78 is 27.3. The molecule has 2 nitrogen and oxygen atoms in total.